The smallest absolute Gasteiger partial charge is 0.257 e. The van der Waals surface area contributed by atoms with Crippen LogP contribution in [0, 0.1) is 17.1 Å². The molecule has 0 atom stereocenters. The van der Waals surface area contributed by atoms with Crippen LogP contribution in [-0.4, -0.2) is 42.3 Å². The van der Waals surface area contributed by atoms with Crippen LogP contribution < -0.4 is 5.73 Å². The molecule has 0 fully saturated rings. The van der Waals surface area contributed by atoms with E-state index >= 15 is 0 Å². The van der Waals surface area contributed by atoms with Crippen molar-refractivity contribution in [3.05, 3.63) is 41.4 Å². The maximum Gasteiger partial charge on any atom is 0.257 e. The van der Waals surface area contributed by atoms with E-state index in [9.17, 15) is 14.3 Å². The molecule has 0 bridgehead atoms. The van der Waals surface area contributed by atoms with Crippen molar-refractivity contribution < 1.29 is 14.3 Å². The number of carbonyl (C=O) groups is 1. The number of nitrogens with two attached hydrogens (primary N) is 1. The lowest BCUT2D eigenvalue weighted by atomic mass is 10.1. The largest absolute Gasteiger partial charge is 0.507 e. The normalized spacial score (nSPS) is 11.1. The Hall–Kier alpha value is -2.88. The van der Waals surface area contributed by atoms with Gasteiger partial charge in [-0.15, -0.1) is 0 Å². The van der Waals surface area contributed by atoms with Crippen LogP contribution in [0.3, 0.4) is 0 Å². The van der Waals surface area contributed by atoms with E-state index in [0.29, 0.717) is 0 Å². The summed E-state index contributed by atoms with van der Waals surface area (Å²) >= 11 is 0. The van der Waals surface area contributed by atoms with Crippen molar-refractivity contribution in [3.63, 3.8) is 0 Å². The SMILES string of the molecule is CC.CN=C(C#N)/C=C(\N)CN(C)C(=O)c1ccc(F)cc1O. The summed E-state index contributed by atoms with van der Waals surface area (Å²) in [5, 5.41) is 18.3. The molecular weight excluding hydrogens is 299 g/mol. The van der Waals surface area contributed by atoms with Crippen molar-refractivity contribution in [2.45, 2.75) is 13.8 Å². The van der Waals surface area contributed by atoms with Crippen LogP contribution in [0.4, 0.5) is 4.39 Å². The first kappa shape index (κ1) is 20.1. The van der Waals surface area contributed by atoms with Gasteiger partial charge >= 0.3 is 0 Å². The minimum absolute atomic E-state index is 0.0311. The molecule has 1 aromatic rings. The third kappa shape index (κ3) is 6.18. The van der Waals surface area contributed by atoms with Gasteiger partial charge in [-0.25, -0.2) is 4.39 Å². The highest BCUT2D eigenvalue weighted by Crippen LogP contribution is 2.19. The number of nitriles is 1. The molecule has 6 nitrogen and oxygen atoms in total. The summed E-state index contributed by atoms with van der Waals surface area (Å²) in [6, 6.07) is 4.97. The second kappa shape index (κ2) is 9.95. The maximum atomic E-state index is 12.9. The zero-order valence-electron chi connectivity index (χ0n) is 13.7. The minimum atomic E-state index is -0.635. The van der Waals surface area contributed by atoms with Gasteiger partial charge in [-0.2, -0.15) is 5.26 Å². The van der Waals surface area contributed by atoms with E-state index < -0.39 is 17.5 Å². The van der Waals surface area contributed by atoms with Crippen molar-refractivity contribution in [2.24, 2.45) is 10.7 Å². The molecule has 124 valence electrons. The second-order valence-corrected chi connectivity index (χ2v) is 4.26. The van der Waals surface area contributed by atoms with Crippen molar-refractivity contribution in [1.29, 1.82) is 5.26 Å². The van der Waals surface area contributed by atoms with E-state index in [4.69, 9.17) is 11.0 Å². The number of allylic oxidation sites excluding steroid dienone is 1. The van der Waals surface area contributed by atoms with Crippen LogP contribution in [-0.2, 0) is 0 Å². The topological polar surface area (TPSA) is 103 Å². The van der Waals surface area contributed by atoms with E-state index in [-0.39, 0.29) is 23.5 Å². The molecule has 0 heterocycles. The lowest BCUT2D eigenvalue weighted by Crippen LogP contribution is -2.31. The number of benzene rings is 1. The Labute approximate surface area is 135 Å². The summed E-state index contributed by atoms with van der Waals surface area (Å²) < 4.78 is 12.9. The molecule has 0 unspecified atom stereocenters. The number of halogens is 1. The number of phenols is 1. The zero-order chi connectivity index (χ0) is 18.0. The lowest BCUT2D eigenvalue weighted by molar-refractivity contribution is 0.0803. The predicted octanol–water partition coefficient (Wildman–Crippen LogP) is 2.07. The quantitative estimate of drug-likeness (QED) is 0.829. The fraction of sp³-hybridized carbons (Fsp3) is 0.312. The van der Waals surface area contributed by atoms with Crippen LogP contribution in [0.1, 0.15) is 24.2 Å². The van der Waals surface area contributed by atoms with Gasteiger partial charge in [0.25, 0.3) is 5.91 Å². The molecule has 1 amide bonds. The number of likely N-dealkylation sites (N-methyl/N-ethyl adjacent to an activating group) is 1. The van der Waals surface area contributed by atoms with Crippen molar-refractivity contribution in [1.82, 2.24) is 4.90 Å². The number of nitrogens with zero attached hydrogens (tertiary/aromatic N) is 3. The monoisotopic (exact) mass is 320 g/mol. The molecule has 0 aliphatic rings. The Bertz CT molecular complexity index is 648. The summed E-state index contributed by atoms with van der Waals surface area (Å²) in [4.78, 5) is 17.0. The highest BCUT2D eigenvalue weighted by molar-refractivity contribution is 6.07. The number of aliphatic imine (C=N–C) groups is 1. The third-order valence-electron chi connectivity index (χ3n) is 2.63. The highest BCUT2D eigenvalue weighted by Gasteiger charge is 2.16. The van der Waals surface area contributed by atoms with Gasteiger partial charge in [-0.1, -0.05) is 13.8 Å². The van der Waals surface area contributed by atoms with E-state index in [0.717, 1.165) is 12.1 Å². The Balaban J connectivity index is 0.00000232. The molecule has 1 rings (SSSR count). The molecule has 7 heteroatoms. The molecule has 0 saturated heterocycles. The van der Waals surface area contributed by atoms with Gasteiger partial charge in [-0.05, 0) is 18.2 Å². The van der Waals surface area contributed by atoms with Gasteiger partial charge in [0.05, 0.1) is 12.1 Å². The van der Waals surface area contributed by atoms with E-state index in [1.807, 2.05) is 19.9 Å². The van der Waals surface area contributed by atoms with Gasteiger partial charge in [0.1, 0.15) is 23.3 Å². The molecular formula is C16H21FN4O2. The van der Waals surface area contributed by atoms with Crippen LogP contribution >= 0.6 is 0 Å². The summed E-state index contributed by atoms with van der Waals surface area (Å²) in [7, 11) is 2.93. The number of aromatic hydroxyl groups is 1. The number of hydrogen-bond acceptors (Lipinski definition) is 5. The fourth-order valence-corrected chi connectivity index (χ4v) is 1.61. The second-order valence-electron chi connectivity index (χ2n) is 4.26. The zero-order valence-corrected chi connectivity index (χ0v) is 13.7. The molecule has 0 radical (unpaired) electrons. The first-order valence-electron chi connectivity index (χ1n) is 6.96. The van der Waals surface area contributed by atoms with Gasteiger partial charge in [0, 0.05) is 25.9 Å². The number of phenolic OH excluding ortho intramolecular Hbond substituents is 1. The van der Waals surface area contributed by atoms with Crippen LogP contribution in [0.2, 0.25) is 0 Å². The molecule has 0 aromatic heterocycles. The fourth-order valence-electron chi connectivity index (χ4n) is 1.61. The Morgan fingerprint density at radius 3 is 2.61 bits per heavy atom. The Morgan fingerprint density at radius 1 is 1.52 bits per heavy atom. The first-order chi connectivity index (χ1) is 10.9. The van der Waals surface area contributed by atoms with Crippen molar-refractivity contribution in [3.8, 4) is 11.8 Å². The summed E-state index contributed by atoms with van der Waals surface area (Å²) in [5.74, 6) is -1.60. The molecule has 23 heavy (non-hydrogen) atoms. The lowest BCUT2D eigenvalue weighted by Gasteiger charge is -2.18. The molecule has 3 N–H and O–H groups in total. The molecule has 1 aromatic carbocycles. The Morgan fingerprint density at radius 2 is 2.13 bits per heavy atom. The molecule has 0 saturated carbocycles. The van der Waals surface area contributed by atoms with Gasteiger partial charge < -0.3 is 15.7 Å². The standard InChI is InChI=1S/C14H15FN4O2.C2H6/c1-18-11(7-16)6-10(17)8-19(2)14(21)12-4-3-9(15)5-13(12)20;1-2/h3-6,20H,8,17H2,1-2H3;1-2H3/b10-6-,18-11?;. The van der Waals surface area contributed by atoms with Crippen LogP contribution in [0.5, 0.6) is 5.75 Å². The van der Waals surface area contributed by atoms with Gasteiger partial charge in [0.15, 0.2) is 0 Å². The third-order valence-corrected chi connectivity index (χ3v) is 2.63. The van der Waals surface area contributed by atoms with E-state index in [1.165, 1.54) is 31.1 Å². The highest BCUT2D eigenvalue weighted by atomic mass is 19.1. The van der Waals surface area contributed by atoms with Crippen molar-refractivity contribution >= 4 is 11.6 Å². The maximum absolute atomic E-state index is 12.9. The van der Waals surface area contributed by atoms with Crippen molar-refractivity contribution in [2.75, 3.05) is 20.6 Å². The summed E-state index contributed by atoms with van der Waals surface area (Å²) in [5.41, 5.74) is 6.08. The van der Waals surface area contributed by atoms with Gasteiger partial charge in [-0.3, -0.25) is 9.79 Å². The Kier molecular flexibility index (Phi) is 8.70. The molecule has 0 spiro atoms. The number of hydrogen-bond donors (Lipinski definition) is 2. The number of amides is 1. The average Bonchev–Trinajstić information content (AvgIpc) is 2.53. The minimum Gasteiger partial charge on any atom is -0.507 e. The van der Waals surface area contributed by atoms with E-state index in [2.05, 4.69) is 4.99 Å². The summed E-state index contributed by atoms with van der Waals surface area (Å²) in [6.07, 6.45) is 1.36. The average molecular weight is 320 g/mol. The van der Waals surface area contributed by atoms with Crippen LogP contribution in [0.15, 0.2) is 35.0 Å². The van der Waals surface area contributed by atoms with E-state index in [1.54, 1.807) is 0 Å². The summed E-state index contributed by atoms with van der Waals surface area (Å²) in [6.45, 7) is 4.04. The van der Waals surface area contributed by atoms with Crippen LogP contribution in [0.25, 0.3) is 0 Å². The first-order valence-corrected chi connectivity index (χ1v) is 6.96. The molecule has 0 aliphatic carbocycles. The molecule has 0 aliphatic heterocycles. The number of carbonyl (C=O) groups excluding carboxylic acids is 1. The van der Waals surface area contributed by atoms with Gasteiger partial charge in [0.2, 0.25) is 0 Å². The predicted molar refractivity (Wildman–Crippen MR) is 87.6 cm³/mol. The number of rotatable bonds is 4.